The standard InChI is InChI=1S/C14H15NO4/c1-3-7-11(14(17)18)15-13(16)10-8-5-6-9-12(10)19-4-2/h1,5-6,8-9,11H,4,7H2,2H3,(H,15,16)(H,17,18). The number of amides is 1. The first-order chi connectivity index (χ1) is 9.10. The summed E-state index contributed by atoms with van der Waals surface area (Å²) in [6.07, 6.45) is 5.00. The lowest BCUT2D eigenvalue weighted by molar-refractivity contribution is -0.139. The summed E-state index contributed by atoms with van der Waals surface area (Å²) >= 11 is 0. The van der Waals surface area contributed by atoms with Gasteiger partial charge in [0.15, 0.2) is 0 Å². The van der Waals surface area contributed by atoms with Crippen molar-refractivity contribution >= 4 is 11.9 Å². The summed E-state index contributed by atoms with van der Waals surface area (Å²) in [4.78, 5) is 22.9. The second-order valence-electron chi connectivity index (χ2n) is 3.70. The number of para-hydroxylation sites is 1. The van der Waals surface area contributed by atoms with Gasteiger partial charge in [-0.1, -0.05) is 12.1 Å². The predicted molar refractivity (Wildman–Crippen MR) is 70.0 cm³/mol. The van der Waals surface area contributed by atoms with Gasteiger partial charge >= 0.3 is 5.97 Å². The fourth-order valence-electron chi connectivity index (χ4n) is 1.49. The average molecular weight is 261 g/mol. The maximum Gasteiger partial charge on any atom is 0.327 e. The van der Waals surface area contributed by atoms with E-state index in [0.717, 1.165) is 0 Å². The number of carboxylic acids is 1. The van der Waals surface area contributed by atoms with Gasteiger partial charge < -0.3 is 15.2 Å². The number of carbonyl (C=O) groups is 2. The van der Waals surface area contributed by atoms with Crippen LogP contribution in [-0.2, 0) is 4.79 Å². The molecule has 2 N–H and O–H groups in total. The Morgan fingerprint density at radius 2 is 2.16 bits per heavy atom. The van der Waals surface area contributed by atoms with Crippen LogP contribution in [0.3, 0.4) is 0 Å². The summed E-state index contributed by atoms with van der Waals surface area (Å²) in [6.45, 7) is 2.21. The molecular formula is C14H15NO4. The van der Waals surface area contributed by atoms with Crippen LogP contribution in [0.4, 0.5) is 0 Å². The van der Waals surface area contributed by atoms with Crippen LogP contribution in [-0.4, -0.2) is 29.6 Å². The summed E-state index contributed by atoms with van der Waals surface area (Å²) in [6, 6.07) is 5.52. The lowest BCUT2D eigenvalue weighted by Crippen LogP contribution is -2.40. The highest BCUT2D eigenvalue weighted by atomic mass is 16.5. The third-order valence-corrected chi connectivity index (χ3v) is 2.36. The molecule has 1 aromatic rings. The van der Waals surface area contributed by atoms with E-state index in [1.54, 1.807) is 31.2 Å². The molecule has 0 aliphatic carbocycles. The van der Waals surface area contributed by atoms with Gasteiger partial charge in [-0.05, 0) is 19.1 Å². The molecule has 19 heavy (non-hydrogen) atoms. The molecule has 0 radical (unpaired) electrons. The number of benzene rings is 1. The largest absolute Gasteiger partial charge is 0.493 e. The summed E-state index contributed by atoms with van der Waals surface area (Å²) in [5.74, 6) is 0.940. The third-order valence-electron chi connectivity index (χ3n) is 2.36. The van der Waals surface area contributed by atoms with Crippen molar-refractivity contribution in [1.29, 1.82) is 0 Å². The van der Waals surface area contributed by atoms with Crippen molar-refractivity contribution in [2.75, 3.05) is 6.61 Å². The maximum absolute atomic E-state index is 12.0. The van der Waals surface area contributed by atoms with E-state index in [4.69, 9.17) is 16.3 Å². The summed E-state index contributed by atoms with van der Waals surface area (Å²) in [5, 5.41) is 11.3. The summed E-state index contributed by atoms with van der Waals surface area (Å²) in [7, 11) is 0. The number of carbonyl (C=O) groups excluding carboxylic acids is 1. The number of terminal acetylenes is 1. The molecule has 0 saturated carbocycles. The highest BCUT2D eigenvalue weighted by Gasteiger charge is 2.21. The molecule has 5 heteroatoms. The van der Waals surface area contributed by atoms with Gasteiger partial charge in [-0.25, -0.2) is 4.79 Å². The van der Waals surface area contributed by atoms with E-state index in [9.17, 15) is 9.59 Å². The fourth-order valence-corrected chi connectivity index (χ4v) is 1.49. The Bertz CT molecular complexity index is 504. The highest BCUT2D eigenvalue weighted by Crippen LogP contribution is 2.17. The van der Waals surface area contributed by atoms with Crippen LogP contribution < -0.4 is 10.1 Å². The number of ether oxygens (including phenoxy) is 1. The van der Waals surface area contributed by atoms with E-state index >= 15 is 0 Å². The molecule has 1 rings (SSSR count). The van der Waals surface area contributed by atoms with Crippen LogP contribution in [0.25, 0.3) is 0 Å². The van der Waals surface area contributed by atoms with E-state index in [2.05, 4.69) is 11.2 Å². The van der Waals surface area contributed by atoms with Gasteiger partial charge in [0.25, 0.3) is 5.91 Å². The molecular weight excluding hydrogens is 246 g/mol. The lowest BCUT2D eigenvalue weighted by Gasteiger charge is -2.14. The molecule has 1 amide bonds. The third kappa shape index (κ3) is 4.03. The van der Waals surface area contributed by atoms with Crippen LogP contribution in [0, 0.1) is 12.3 Å². The van der Waals surface area contributed by atoms with Gasteiger partial charge in [0.05, 0.1) is 12.2 Å². The van der Waals surface area contributed by atoms with Crippen molar-refractivity contribution < 1.29 is 19.4 Å². The number of aliphatic carboxylic acids is 1. The molecule has 1 atom stereocenters. The molecule has 0 saturated heterocycles. The average Bonchev–Trinajstić information content (AvgIpc) is 2.39. The molecule has 0 spiro atoms. The van der Waals surface area contributed by atoms with E-state index in [0.29, 0.717) is 12.4 Å². The molecule has 0 fully saturated rings. The highest BCUT2D eigenvalue weighted by molar-refractivity contribution is 5.98. The van der Waals surface area contributed by atoms with Crippen LogP contribution in [0.2, 0.25) is 0 Å². The van der Waals surface area contributed by atoms with Crippen molar-refractivity contribution in [3.63, 3.8) is 0 Å². The zero-order chi connectivity index (χ0) is 14.3. The minimum Gasteiger partial charge on any atom is -0.493 e. The smallest absolute Gasteiger partial charge is 0.327 e. The van der Waals surface area contributed by atoms with Gasteiger partial charge in [-0.3, -0.25) is 4.79 Å². The fraction of sp³-hybridized carbons (Fsp3) is 0.286. The minimum absolute atomic E-state index is 0.0716. The Hall–Kier alpha value is -2.48. The van der Waals surface area contributed by atoms with Gasteiger partial charge in [0.2, 0.25) is 0 Å². The molecule has 0 aliphatic rings. The van der Waals surface area contributed by atoms with Gasteiger partial charge in [0.1, 0.15) is 11.8 Å². The van der Waals surface area contributed by atoms with Crippen LogP contribution in [0.5, 0.6) is 5.75 Å². The second-order valence-corrected chi connectivity index (χ2v) is 3.70. The number of hydrogen-bond acceptors (Lipinski definition) is 3. The Balaban J connectivity index is 2.88. The molecule has 1 aromatic carbocycles. The first-order valence-corrected chi connectivity index (χ1v) is 5.79. The van der Waals surface area contributed by atoms with Crippen molar-refractivity contribution in [2.24, 2.45) is 0 Å². The number of hydrogen-bond donors (Lipinski definition) is 2. The van der Waals surface area contributed by atoms with Crippen molar-refractivity contribution in [2.45, 2.75) is 19.4 Å². The topological polar surface area (TPSA) is 75.6 Å². The second kappa shape index (κ2) is 7.07. The Morgan fingerprint density at radius 1 is 1.47 bits per heavy atom. The first kappa shape index (κ1) is 14.6. The Kier molecular flexibility index (Phi) is 5.42. The predicted octanol–water partition coefficient (Wildman–Crippen LogP) is 1.29. The quantitative estimate of drug-likeness (QED) is 0.757. The van der Waals surface area contributed by atoms with Crippen LogP contribution in [0.15, 0.2) is 24.3 Å². The van der Waals surface area contributed by atoms with E-state index in [-0.39, 0.29) is 12.0 Å². The maximum atomic E-state index is 12.0. The van der Waals surface area contributed by atoms with Crippen LogP contribution >= 0.6 is 0 Å². The van der Waals surface area contributed by atoms with E-state index < -0.39 is 17.9 Å². The SMILES string of the molecule is C#CCC(NC(=O)c1ccccc1OCC)C(=O)O. The Morgan fingerprint density at radius 3 is 2.74 bits per heavy atom. The lowest BCUT2D eigenvalue weighted by atomic mass is 10.1. The van der Waals surface area contributed by atoms with Crippen molar-refractivity contribution in [3.8, 4) is 18.1 Å². The van der Waals surface area contributed by atoms with Crippen molar-refractivity contribution in [3.05, 3.63) is 29.8 Å². The summed E-state index contributed by atoms with van der Waals surface area (Å²) in [5.41, 5.74) is 0.285. The minimum atomic E-state index is -1.17. The molecule has 0 aliphatic heterocycles. The van der Waals surface area contributed by atoms with E-state index in [1.165, 1.54) is 0 Å². The monoisotopic (exact) mass is 261 g/mol. The molecule has 1 unspecified atom stereocenters. The molecule has 0 bridgehead atoms. The zero-order valence-electron chi connectivity index (χ0n) is 10.6. The molecule has 0 heterocycles. The number of carboxylic acid groups (broad SMARTS) is 1. The zero-order valence-corrected chi connectivity index (χ0v) is 10.6. The molecule has 100 valence electrons. The first-order valence-electron chi connectivity index (χ1n) is 5.79. The summed E-state index contributed by atoms with van der Waals surface area (Å²) < 4.78 is 5.31. The van der Waals surface area contributed by atoms with E-state index in [1.807, 2.05) is 0 Å². The van der Waals surface area contributed by atoms with Gasteiger partial charge in [-0.2, -0.15) is 0 Å². The van der Waals surface area contributed by atoms with Crippen LogP contribution in [0.1, 0.15) is 23.7 Å². The molecule has 0 aromatic heterocycles. The number of rotatable bonds is 6. The molecule has 5 nitrogen and oxygen atoms in total. The van der Waals surface area contributed by atoms with Gasteiger partial charge in [0, 0.05) is 6.42 Å². The number of nitrogens with one attached hydrogen (secondary N) is 1. The van der Waals surface area contributed by atoms with Crippen molar-refractivity contribution in [1.82, 2.24) is 5.32 Å². The normalized spacial score (nSPS) is 11.2. The van der Waals surface area contributed by atoms with Gasteiger partial charge in [-0.15, -0.1) is 12.3 Å². The Labute approximate surface area is 111 Å².